The van der Waals surface area contributed by atoms with E-state index < -0.39 is 5.91 Å². The average Bonchev–Trinajstić information content (AvgIpc) is 3.10. The van der Waals surface area contributed by atoms with E-state index in [0.717, 1.165) is 0 Å². The number of amides is 1. The van der Waals surface area contributed by atoms with E-state index in [1.54, 1.807) is 55.6 Å². The number of carbonyl (C=O) groups excluding carboxylic acids is 1. The SMILES string of the molecule is COc1cccc(-c2nnc(NC(=O)COc3ccc(Cl)cc3)o2)c1. The van der Waals surface area contributed by atoms with Gasteiger partial charge in [0, 0.05) is 10.6 Å². The van der Waals surface area contributed by atoms with Crippen molar-refractivity contribution in [1.82, 2.24) is 10.2 Å². The molecule has 128 valence electrons. The number of nitrogens with one attached hydrogen (secondary N) is 1. The molecule has 0 aliphatic carbocycles. The lowest BCUT2D eigenvalue weighted by atomic mass is 10.2. The Labute approximate surface area is 148 Å². The van der Waals surface area contributed by atoms with Gasteiger partial charge >= 0.3 is 6.01 Å². The van der Waals surface area contributed by atoms with Gasteiger partial charge in [-0.05, 0) is 42.5 Å². The second-order valence-electron chi connectivity index (χ2n) is 4.94. The van der Waals surface area contributed by atoms with Crippen LogP contribution in [0.5, 0.6) is 11.5 Å². The second-order valence-corrected chi connectivity index (χ2v) is 5.37. The molecule has 0 saturated heterocycles. The largest absolute Gasteiger partial charge is 0.497 e. The molecule has 0 unspecified atom stereocenters. The van der Waals surface area contributed by atoms with Gasteiger partial charge in [-0.3, -0.25) is 10.1 Å². The highest BCUT2D eigenvalue weighted by Gasteiger charge is 2.12. The van der Waals surface area contributed by atoms with Crippen LogP contribution in [0, 0.1) is 0 Å². The third-order valence-electron chi connectivity index (χ3n) is 3.17. The van der Waals surface area contributed by atoms with Crippen molar-refractivity contribution in [1.29, 1.82) is 0 Å². The van der Waals surface area contributed by atoms with Crippen molar-refractivity contribution < 1.29 is 18.7 Å². The molecule has 2 aromatic carbocycles. The number of halogens is 1. The summed E-state index contributed by atoms with van der Waals surface area (Å²) in [7, 11) is 1.57. The Balaban J connectivity index is 1.58. The highest BCUT2D eigenvalue weighted by molar-refractivity contribution is 6.30. The molecule has 0 aliphatic heterocycles. The zero-order chi connectivity index (χ0) is 17.6. The summed E-state index contributed by atoms with van der Waals surface area (Å²) in [4.78, 5) is 11.9. The topological polar surface area (TPSA) is 86.5 Å². The zero-order valence-electron chi connectivity index (χ0n) is 13.2. The van der Waals surface area contributed by atoms with Crippen molar-refractivity contribution in [3.8, 4) is 23.0 Å². The van der Waals surface area contributed by atoms with Crippen LogP contribution in [0.15, 0.2) is 52.9 Å². The normalized spacial score (nSPS) is 10.3. The number of benzene rings is 2. The lowest BCUT2D eigenvalue weighted by Crippen LogP contribution is -2.20. The maximum atomic E-state index is 11.9. The van der Waals surface area contributed by atoms with Crippen LogP contribution < -0.4 is 14.8 Å². The maximum Gasteiger partial charge on any atom is 0.322 e. The molecule has 25 heavy (non-hydrogen) atoms. The monoisotopic (exact) mass is 359 g/mol. The van der Waals surface area contributed by atoms with Crippen molar-refractivity contribution >= 4 is 23.5 Å². The Morgan fingerprint density at radius 3 is 2.72 bits per heavy atom. The minimum absolute atomic E-state index is 0.0115. The summed E-state index contributed by atoms with van der Waals surface area (Å²) < 4.78 is 15.9. The molecule has 1 heterocycles. The second kappa shape index (κ2) is 7.67. The van der Waals surface area contributed by atoms with Gasteiger partial charge in [-0.1, -0.05) is 22.8 Å². The Morgan fingerprint density at radius 1 is 1.16 bits per heavy atom. The van der Waals surface area contributed by atoms with Gasteiger partial charge < -0.3 is 13.9 Å². The predicted molar refractivity (Wildman–Crippen MR) is 91.9 cm³/mol. The van der Waals surface area contributed by atoms with Crippen LogP contribution in [-0.4, -0.2) is 29.8 Å². The molecule has 1 amide bonds. The first kappa shape index (κ1) is 16.8. The number of ether oxygens (including phenoxy) is 2. The highest BCUT2D eigenvalue weighted by atomic mass is 35.5. The lowest BCUT2D eigenvalue weighted by Gasteiger charge is -2.05. The highest BCUT2D eigenvalue weighted by Crippen LogP contribution is 2.23. The summed E-state index contributed by atoms with van der Waals surface area (Å²) in [6.07, 6.45) is 0. The van der Waals surface area contributed by atoms with E-state index in [1.165, 1.54) is 0 Å². The molecule has 7 nitrogen and oxygen atoms in total. The van der Waals surface area contributed by atoms with Crippen molar-refractivity contribution in [2.75, 3.05) is 19.0 Å². The first-order valence-electron chi connectivity index (χ1n) is 7.30. The Kier molecular flexibility index (Phi) is 5.15. The molecule has 8 heteroatoms. The number of hydrogen-bond donors (Lipinski definition) is 1. The van der Waals surface area contributed by atoms with Gasteiger partial charge in [-0.15, -0.1) is 5.10 Å². The van der Waals surface area contributed by atoms with Gasteiger partial charge in [0.25, 0.3) is 5.91 Å². The van der Waals surface area contributed by atoms with E-state index >= 15 is 0 Å². The molecule has 3 rings (SSSR count). The molecular weight excluding hydrogens is 346 g/mol. The van der Waals surface area contributed by atoms with Gasteiger partial charge in [0.15, 0.2) is 6.61 Å². The summed E-state index contributed by atoms with van der Waals surface area (Å²) >= 11 is 5.78. The molecule has 0 spiro atoms. The van der Waals surface area contributed by atoms with E-state index in [1.807, 2.05) is 0 Å². The fourth-order valence-corrected chi connectivity index (χ4v) is 2.11. The quantitative estimate of drug-likeness (QED) is 0.725. The van der Waals surface area contributed by atoms with Crippen LogP contribution in [0.3, 0.4) is 0 Å². The van der Waals surface area contributed by atoms with E-state index in [-0.39, 0.29) is 18.5 Å². The Hall–Kier alpha value is -3.06. The third kappa shape index (κ3) is 4.48. The van der Waals surface area contributed by atoms with Crippen LogP contribution in [-0.2, 0) is 4.79 Å². The van der Waals surface area contributed by atoms with E-state index in [9.17, 15) is 4.79 Å². The van der Waals surface area contributed by atoms with E-state index in [4.69, 9.17) is 25.5 Å². The lowest BCUT2D eigenvalue weighted by molar-refractivity contribution is -0.118. The molecule has 0 bridgehead atoms. The first-order valence-corrected chi connectivity index (χ1v) is 7.68. The molecule has 0 fully saturated rings. The maximum absolute atomic E-state index is 11.9. The van der Waals surface area contributed by atoms with Crippen molar-refractivity contribution in [3.05, 3.63) is 53.6 Å². The van der Waals surface area contributed by atoms with Crippen LogP contribution in [0.25, 0.3) is 11.5 Å². The van der Waals surface area contributed by atoms with E-state index in [0.29, 0.717) is 22.1 Å². The summed E-state index contributed by atoms with van der Waals surface area (Å²) in [5.41, 5.74) is 0.685. The summed E-state index contributed by atoms with van der Waals surface area (Å²) in [6.45, 7) is -0.196. The number of methoxy groups -OCH3 is 1. The Morgan fingerprint density at radius 2 is 1.96 bits per heavy atom. The third-order valence-corrected chi connectivity index (χ3v) is 3.42. The van der Waals surface area contributed by atoms with Crippen LogP contribution in [0.1, 0.15) is 0 Å². The molecule has 1 aromatic heterocycles. The minimum atomic E-state index is -0.421. The summed E-state index contributed by atoms with van der Waals surface area (Å²) in [5.74, 6) is 1.04. The first-order chi connectivity index (χ1) is 12.1. The zero-order valence-corrected chi connectivity index (χ0v) is 14.0. The van der Waals surface area contributed by atoms with Crippen molar-refractivity contribution in [2.24, 2.45) is 0 Å². The van der Waals surface area contributed by atoms with Gasteiger partial charge in [-0.2, -0.15) is 0 Å². The van der Waals surface area contributed by atoms with Gasteiger partial charge in [0.05, 0.1) is 7.11 Å². The predicted octanol–water partition coefficient (Wildman–Crippen LogP) is 3.42. The molecule has 0 saturated carbocycles. The number of carbonyl (C=O) groups is 1. The van der Waals surface area contributed by atoms with Crippen molar-refractivity contribution in [3.63, 3.8) is 0 Å². The fourth-order valence-electron chi connectivity index (χ4n) is 1.98. The summed E-state index contributed by atoms with van der Waals surface area (Å²) in [5, 5.41) is 10.8. The number of aromatic nitrogens is 2. The van der Waals surface area contributed by atoms with Crippen LogP contribution >= 0.6 is 11.6 Å². The average molecular weight is 360 g/mol. The van der Waals surface area contributed by atoms with E-state index in [2.05, 4.69) is 15.5 Å². The molecule has 0 atom stereocenters. The standard InChI is InChI=1S/C17H14ClN3O4/c1-23-14-4-2-3-11(9-14)16-20-21-17(25-16)19-15(22)10-24-13-7-5-12(18)6-8-13/h2-9H,10H2,1H3,(H,19,21,22). The molecule has 0 aliphatic rings. The number of rotatable bonds is 6. The van der Waals surface area contributed by atoms with Crippen molar-refractivity contribution in [2.45, 2.75) is 0 Å². The van der Waals surface area contributed by atoms with Gasteiger partial charge in [-0.25, -0.2) is 0 Å². The molecular formula is C17H14ClN3O4. The summed E-state index contributed by atoms with van der Waals surface area (Å²) in [6, 6.07) is 13.8. The van der Waals surface area contributed by atoms with Crippen LogP contribution in [0.4, 0.5) is 6.01 Å². The minimum Gasteiger partial charge on any atom is -0.497 e. The Bertz CT molecular complexity index is 864. The molecule has 0 radical (unpaired) electrons. The van der Waals surface area contributed by atoms with Gasteiger partial charge in [0.2, 0.25) is 5.89 Å². The van der Waals surface area contributed by atoms with Crippen LogP contribution in [0.2, 0.25) is 5.02 Å². The number of anilines is 1. The number of nitrogens with zero attached hydrogens (tertiary/aromatic N) is 2. The molecule has 3 aromatic rings. The fraction of sp³-hybridized carbons (Fsp3) is 0.118. The molecule has 1 N–H and O–H groups in total. The number of hydrogen-bond acceptors (Lipinski definition) is 6. The van der Waals surface area contributed by atoms with Gasteiger partial charge in [0.1, 0.15) is 11.5 Å². The smallest absolute Gasteiger partial charge is 0.322 e.